The number of halogens is 1. The minimum atomic E-state index is -0.449. The summed E-state index contributed by atoms with van der Waals surface area (Å²) < 4.78 is 19.0. The zero-order valence-corrected chi connectivity index (χ0v) is 10.4. The second-order valence-corrected chi connectivity index (χ2v) is 5.22. The highest BCUT2D eigenvalue weighted by molar-refractivity contribution is 7.17. The van der Waals surface area contributed by atoms with Crippen molar-refractivity contribution in [3.8, 4) is 16.2 Å². The number of amides is 1. The Balaban J connectivity index is 2.23. The Bertz CT molecular complexity index is 663. The van der Waals surface area contributed by atoms with Crippen molar-refractivity contribution in [1.82, 2.24) is 0 Å². The van der Waals surface area contributed by atoms with Gasteiger partial charge in [-0.1, -0.05) is 0 Å². The third-order valence-corrected chi connectivity index (χ3v) is 4.23. The van der Waals surface area contributed by atoms with Gasteiger partial charge < -0.3 is 10.5 Å². The number of primary amides is 1. The molecule has 1 amide bonds. The number of ether oxygens (including phenoxy) is 1. The summed E-state index contributed by atoms with van der Waals surface area (Å²) in [7, 11) is 0. The summed E-state index contributed by atoms with van der Waals surface area (Å²) >= 11 is 1.32. The van der Waals surface area contributed by atoms with Crippen LogP contribution in [0.5, 0.6) is 5.75 Å². The largest absolute Gasteiger partial charge is 0.488 e. The Morgan fingerprint density at radius 1 is 1.50 bits per heavy atom. The fraction of sp³-hybridized carbons (Fsp3) is 0.154. The van der Waals surface area contributed by atoms with Crippen LogP contribution in [-0.2, 0) is 6.61 Å². The van der Waals surface area contributed by atoms with Crippen LogP contribution < -0.4 is 10.5 Å². The summed E-state index contributed by atoms with van der Waals surface area (Å²) in [6.45, 7) is 2.03. The third kappa shape index (κ3) is 1.51. The highest BCUT2D eigenvalue weighted by Crippen LogP contribution is 2.44. The molecule has 0 saturated heterocycles. The van der Waals surface area contributed by atoms with E-state index in [1.165, 1.54) is 17.4 Å². The number of hydrogen-bond donors (Lipinski definition) is 1. The van der Waals surface area contributed by atoms with Crippen molar-refractivity contribution in [2.75, 3.05) is 0 Å². The summed E-state index contributed by atoms with van der Waals surface area (Å²) in [5.41, 5.74) is 7.51. The van der Waals surface area contributed by atoms with Crippen LogP contribution in [0.25, 0.3) is 10.4 Å². The minimum absolute atomic E-state index is 0.288. The third-order valence-electron chi connectivity index (χ3n) is 3.01. The van der Waals surface area contributed by atoms with E-state index in [1.54, 1.807) is 19.1 Å². The number of benzene rings is 1. The van der Waals surface area contributed by atoms with Crippen LogP contribution in [0.1, 0.15) is 20.8 Å². The molecule has 1 aromatic carbocycles. The van der Waals surface area contributed by atoms with Gasteiger partial charge in [0.15, 0.2) is 0 Å². The molecule has 92 valence electrons. The summed E-state index contributed by atoms with van der Waals surface area (Å²) in [5.74, 6) is -0.181. The normalized spacial score (nSPS) is 12.6. The molecular weight excluding hydrogens is 253 g/mol. The summed E-state index contributed by atoms with van der Waals surface area (Å²) in [6, 6.07) is 4.83. The van der Waals surface area contributed by atoms with Crippen molar-refractivity contribution in [2.24, 2.45) is 5.73 Å². The van der Waals surface area contributed by atoms with E-state index in [1.807, 2.05) is 0 Å². The van der Waals surface area contributed by atoms with Gasteiger partial charge in [0.1, 0.15) is 18.2 Å². The number of thiophene rings is 1. The van der Waals surface area contributed by atoms with E-state index in [-0.39, 0.29) is 5.82 Å². The van der Waals surface area contributed by atoms with Crippen molar-refractivity contribution >= 4 is 17.2 Å². The smallest absolute Gasteiger partial charge is 0.258 e. The number of nitrogens with two attached hydrogens (primary N) is 1. The molecule has 2 N–H and O–H groups in total. The van der Waals surface area contributed by atoms with Crippen LogP contribution in [0.15, 0.2) is 18.2 Å². The van der Waals surface area contributed by atoms with E-state index < -0.39 is 5.91 Å². The highest BCUT2D eigenvalue weighted by atomic mass is 32.1. The lowest BCUT2D eigenvalue weighted by molar-refractivity contribution is 0.100. The molecule has 3 rings (SSSR count). The Hall–Kier alpha value is -1.88. The van der Waals surface area contributed by atoms with Gasteiger partial charge in [-0.15, -0.1) is 11.3 Å². The minimum Gasteiger partial charge on any atom is -0.488 e. The van der Waals surface area contributed by atoms with Gasteiger partial charge in [0.2, 0.25) is 0 Å². The van der Waals surface area contributed by atoms with Crippen molar-refractivity contribution in [3.63, 3.8) is 0 Å². The quantitative estimate of drug-likeness (QED) is 0.860. The molecule has 5 heteroatoms. The maximum atomic E-state index is 13.5. The number of hydrogen-bond acceptors (Lipinski definition) is 3. The first-order chi connectivity index (χ1) is 8.58. The van der Waals surface area contributed by atoms with Gasteiger partial charge in [0, 0.05) is 21.6 Å². The SMILES string of the molecule is Cc1c(F)ccc2c1OCc1cc(C(N)=O)sc1-2. The van der Waals surface area contributed by atoms with Gasteiger partial charge in [0.05, 0.1) is 4.88 Å². The lowest BCUT2D eigenvalue weighted by atomic mass is 10.0. The first-order valence-electron chi connectivity index (χ1n) is 5.42. The van der Waals surface area contributed by atoms with Crippen LogP contribution in [0.4, 0.5) is 4.39 Å². The standard InChI is InChI=1S/C13H10FNO2S/c1-6-9(14)3-2-8-11(6)17-5-7-4-10(13(15)16)18-12(7)8/h2-4H,5H2,1H3,(H2,15,16). The summed E-state index contributed by atoms with van der Waals surface area (Å²) in [4.78, 5) is 12.6. The van der Waals surface area contributed by atoms with Gasteiger partial charge in [-0.3, -0.25) is 4.79 Å². The predicted molar refractivity (Wildman–Crippen MR) is 67.3 cm³/mol. The van der Waals surface area contributed by atoms with Crippen LogP contribution in [-0.4, -0.2) is 5.91 Å². The molecular formula is C13H10FNO2S. The van der Waals surface area contributed by atoms with E-state index in [0.29, 0.717) is 22.8 Å². The highest BCUT2D eigenvalue weighted by Gasteiger charge is 2.24. The van der Waals surface area contributed by atoms with Gasteiger partial charge in [-0.05, 0) is 25.1 Å². The van der Waals surface area contributed by atoms with Crippen LogP contribution >= 0.6 is 11.3 Å². The molecule has 1 aromatic heterocycles. The molecule has 0 spiro atoms. The lowest BCUT2D eigenvalue weighted by Gasteiger charge is -2.19. The summed E-state index contributed by atoms with van der Waals surface area (Å²) in [5, 5.41) is 0. The maximum Gasteiger partial charge on any atom is 0.258 e. The first-order valence-corrected chi connectivity index (χ1v) is 6.24. The Morgan fingerprint density at radius 2 is 2.28 bits per heavy atom. The number of carbonyl (C=O) groups is 1. The Labute approximate surface area is 107 Å². The zero-order valence-electron chi connectivity index (χ0n) is 9.62. The summed E-state index contributed by atoms with van der Waals surface area (Å²) in [6.07, 6.45) is 0. The van der Waals surface area contributed by atoms with Crippen molar-refractivity contribution in [3.05, 3.63) is 40.0 Å². The molecule has 0 radical (unpaired) electrons. The van der Waals surface area contributed by atoms with Gasteiger partial charge >= 0.3 is 0 Å². The van der Waals surface area contributed by atoms with Crippen molar-refractivity contribution in [2.45, 2.75) is 13.5 Å². The van der Waals surface area contributed by atoms with Crippen LogP contribution in [0.3, 0.4) is 0 Å². The second-order valence-electron chi connectivity index (χ2n) is 4.17. The molecule has 0 atom stereocenters. The topological polar surface area (TPSA) is 52.3 Å². The van der Waals surface area contributed by atoms with E-state index in [4.69, 9.17) is 10.5 Å². The molecule has 1 aliphatic rings. The van der Waals surface area contributed by atoms with Gasteiger partial charge in [0.25, 0.3) is 5.91 Å². The molecule has 0 saturated carbocycles. The number of rotatable bonds is 1. The predicted octanol–water partition coefficient (Wildman–Crippen LogP) is 2.85. The molecule has 0 bridgehead atoms. The van der Waals surface area contributed by atoms with Gasteiger partial charge in [-0.2, -0.15) is 0 Å². The molecule has 2 heterocycles. The maximum absolute atomic E-state index is 13.5. The lowest BCUT2D eigenvalue weighted by Crippen LogP contribution is -2.08. The van der Waals surface area contributed by atoms with E-state index >= 15 is 0 Å². The molecule has 18 heavy (non-hydrogen) atoms. The average Bonchev–Trinajstić information content (AvgIpc) is 2.77. The van der Waals surface area contributed by atoms with E-state index in [2.05, 4.69) is 0 Å². The monoisotopic (exact) mass is 263 g/mol. The molecule has 1 aliphatic heterocycles. The van der Waals surface area contributed by atoms with Crippen LogP contribution in [0, 0.1) is 12.7 Å². The fourth-order valence-electron chi connectivity index (χ4n) is 2.07. The molecule has 0 unspecified atom stereocenters. The fourth-order valence-corrected chi connectivity index (χ4v) is 3.11. The molecule has 0 aliphatic carbocycles. The number of fused-ring (bicyclic) bond motifs is 3. The average molecular weight is 263 g/mol. The number of carbonyl (C=O) groups excluding carboxylic acids is 1. The van der Waals surface area contributed by atoms with E-state index in [0.717, 1.165) is 16.0 Å². The second kappa shape index (κ2) is 3.81. The Morgan fingerprint density at radius 3 is 3.00 bits per heavy atom. The van der Waals surface area contributed by atoms with Crippen molar-refractivity contribution in [1.29, 1.82) is 0 Å². The van der Waals surface area contributed by atoms with Crippen molar-refractivity contribution < 1.29 is 13.9 Å². The Kier molecular flexibility index (Phi) is 2.38. The molecule has 2 aromatic rings. The van der Waals surface area contributed by atoms with Gasteiger partial charge in [-0.25, -0.2) is 4.39 Å². The molecule has 0 fully saturated rings. The van der Waals surface area contributed by atoms with E-state index in [9.17, 15) is 9.18 Å². The first kappa shape index (κ1) is 11.2. The zero-order chi connectivity index (χ0) is 12.9. The molecule has 3 nitrogen and oxygen atoms in total. The van der Waals surface area contributed by atoms with Crippen LogP contribution in [0.2, 0.25) is 0 Å².